The maximum atomic E-state index is 5.84. The van der Waals surface area contributed by atoms with E-state index in [0.717, 1.165) is 10.2 Å². The van der Waals surface area contributed by atoms with Gasteiger partial charge in [-0.05, 0) is 22.9 Å². The van der Waals surface area contributed by atoms with Crippen molar-refractivity contribution in [3.05, 3.63) is 27.3 Å². The number of thiazole rings is 1. The van der Waals surface area contributed by atoms with E-state index in [0.29, 0.717) is 5.82 Å². The largest absolute Gasteiger partial charge is 0.383 e. The third-order valence-corrected chi connectivity index (χ3v) is 3.25. The van der Waals surface area contributed by atoms with Crippen LogP contribution in [0.4, 0.5) is 5.82 Å². The summed E-state index contributed by atoms with van der Waals surface area (Å²) in [7, 11) is 0. The summed E-state index contributed by atoms with van der Waals surface area (Å²) < 4.78 is 2.57. The van der Waals surface area contributed by atoms with Crippen LogP contribution in [-0.4, -0.2) is 14.8 Å². The molecule has 0 radical (unpaired) electrons. The van der Waals surface area contributed by atoms with E-state index in [9.17, 15) is 0 Å². The molecule has 0 bridgehead atoms. The van der Waals surface area contributed by atoms with Crippen LogP contribution < -0.4 is 5.73 Å². The minimum Gasteiger partial charge on any atom is -0.383 e. The Morgan fingerprint density at radius 2 is 2.43 bits per heavy atom. The number of nitrogen functional groups attached to an aromatic ring is 1. The summed E-state index contributed by atoms with van der Waals surface area (Å²) >= 11 is 4.89. The molecule has 2 N–H and O–H groups in total. The highest BCUT2D eigenvalue weighted by molar-refractivity contribution is 9.10. The third-order valence-electron chi connectivity index (χ3n) is 2.03. The van der Waals surface area contributed by atoms with E-state index in [-0.39, 0.29) is 6.04 Å². The first-order valence-electron chi connectivity index (χ1n) is 4.06. The van der Waals surface area contributed by atoms with Gasteiger partial charge in [0.15, 0.2) is 0 Å². The van der Waals surface area contributed by atoms with Gasteiger partial charge in [-0.15, -0.1) is 11.3 Å². The number of nitrogens with two attached hydrogens (primary N) is 1. The minimum atomic E-state index is 0.0764. The van der Waals surface area contributed by atoms with Gasteiger partial charge in [0.2, 0.25) is 0 Å². The number of aromatic nitrogens is 3. The fourth-order valence-electron chi connectivity index (χ4n) is 1.21. The molecule has 0 saturated carbocycles. The van der Waals surface area contributed by atoms with Crippen molar-refractivity contribution in [3.8, 4) is 0 Å². The second-order valence-electron chi connectivity index (χ2n) is 2.91. The summed E-state index contributed by atoms with van der Waals surface area (Å²) in [6.45, 7) is 2.02. The second-order valence-corrected chi connectivity index (χ2v) is 4.48. The Hall–Kier alpha value is -0.880. The Bertz CT molecular complexity index is 422. The lowest BCUT2D eigenvalue weighted by atomic mass is 10.3. The van der Waals surface area contributed by atoms with Gasteiger partial charge in [-0.3, -0.25) is 0 Å². The number of hydrogen-bond acceptors (Lipinski definition) is 4. The zero-order valence-electron chi connectivity index (χ0n) is 7.51. The molecule has 6 heteroatoms. The van der Waals surface area contributed by atoms with Crippen molar-refractivity contribution in [2.24, 2.45) is 0 Å². The van der Waals surface area contributed by atoms with Crippen molar-refractivity contribution in [2.75, 3.05) is 5.73 Å². The lowest BCUT2D eigenvalue weighted by Gasteiger charge is -2.10. The van der Waals surface area contributed by atoms with Crippen molar-refractivity contribution >= 4 is 33.1 Å². The molecular weight excluding hydrogens is 264 g/mol. The zero-order valence-corrected chi connectivity index (χ0v) is 9.92. The zero-order chi connectivity index (χ0) is 10.1. The van der Waals surface area contributed by atoms with E-state index in [2.05, 4.69) is 26.0 Å². The molecule has 1 atom stereocenters. The molecule has 0 spiro atoms. The summed E-state index contributed by atoms with van der Waals surface area (Å²) in [6.07, 6.45) is 1.69. The first-order valence-corrected chi connectivity index (χ1v) is 5.80. The number of halogens is 1. The molecule has 0 aliphatic rings. The molecule has 74 valence electrons. The summed E-state index contributed by atoms with van der Waals surface area (Å²) in [4.78, 5) is 4.23. The van der Waals surface area contributed by atoms with E-state index >= 15 is 0 Å². The highest BCUT2D eigenvalue weighted by atomic mass is 79.9. The summed E-state index contributed by atoms with van der Waals surface area (Å²) in [5.74, 6) is 0.630. The van der Waals surface area contributed by atoms with Crippen LogP contribution >= 0.6 is 27.3 Å². The molecule has 14 heavy (non-hydrogen) atoms. The predicted octanol–water partition coefficient (Wildman–Crippen LogP) is 2.29. The van der Waals surface area contributed by atoms with Crippen LogP contribution in [-0.2, 0) is 0 Å². The van der Waals surface area contributed by atoms with Crippen molar-refractivity contribution in [3.63, 3.8) is 0 Å². The van der Waals surface area contributed by atoms with E-state index in [1.165, 1.54) is 0 Å². The first-order chi connectivity index (χ1) is 6.70. The predicted molar refractivity (Wildman–Crippen MR) is 60.3 cm³/mol. The quantitative estimate of drug-likeness (QED) is 0.913. The SMILES string of the molecule is CC(c1cscn1)n1ncc(Br)c1N. The molecule has 1 unspecified atom stereocenters. The first kappa shape index (κ1) is 9.67. The standard InChI is InChI=1S/C8H9BrN4S/c1-5(7-3-14-4-11-7)13-8(10)6(9)2-12-13/h2-5H,10H2,1H3. The van der Waals surface area contributed by atoms with Crippen LogP contribution in [0, 0.1) is 0 Å². The molecule has 2 rings (SSSR count). The number of nitrogens with zero attached hydrogens (tertiary/aromatic N) is 3. The fraction of sp³-hybridized carbons (Fsp3) is 0.250. The average Bonchev–Trinajstić information content (AvgIpc) is 2.77. The van der Waals surface area contributed by atoms with Gasteiger partial charge in [0.05, 0.1) is 27.9 Å². The average molecular weight is 273 g/mol. The Labute approximate surface area is 93.9 Å². The fourth-order valence-corrected chi connectivity index (χ4v) is 2.13. The summed E-state index contributed by atoms with van der Waals surface area (Å²) in [5.41, 5.74) is 8.63. The van der Waals surface area contributed by atoms with E-state index in [1.807, 2.05) is 12.3 Å². The Morgan fingerprint density at radius 1 is 1.64 bits per heavy atom. The van der Waals surface area contributed by atoms with Crippen LogP contribution in [0.25, 0.3) is 0 Å². The number of hydrogen-bond donors (Lipinski definition) is 1. The van der Waals surface area contributed by atoms with Crippen LogP contribution in [0.5, 0.6) is 0 Å². The van der Waals surface area contributed by atoms with E-state index in [1.54, 1.807) is 27.7 Å². The Kier molecular flexibility index (Phi) is 2.56. The highest BCUT2D eigenvalue weighted by Gasteiger charge is 2.14. The van der Waals surface area contributed by atoms with Gasteiger partial charge in [0.1, 0.15) is 5.82 Å². The molecule has 0 aromatic carbocycles. The summed E-state index contributed by atoms with van der Waals surface area (Å²) in [6, 6.07) is 0.0764. The van der Waals surface area contributed by atoms with Gasteiger partial charge >= 0.3 is 0 Å². The van der Waals surface area contributed by atoms with Crippen molar-refractivity contribution in [2.45, 2.75) is 13.0 Å². The Balaban J connectivity index is 2.36. The van der Waals surface area contributed by atoms with Gasteiger partial charge in [0.25, 0.3) is 0 Å². The van der Waals surface area contributed by atoms with Gasteiger partial charge in [0, 0.05) is 5.38 Å². The number of anilines is 1. The van der Waals surface area contributed by atoms with Crippen LogP contribution in [0.2, 0.25) is 0 Å². The molecule has 0 aliphatic carbocycles. The van der Waals surface area contributed by atoms with Crippen LogP contribution in [0.3, 0.4) is 0 Å². The smallest absolute Gasteiger partial charge is 0.136 e. The summed E-state index contributed by atoms with van der Waals surface area (Å²) in [5, 5.41) is 6.18. The second kappa shape index (κ2) is 3.70. The van der Waals surface area contributed by atoms with E-state index in [4.69, 9.17) is 5.73 Å². The lowest BCUT2D eigenvalue weighted by molar-refractivity contribution is 0.562. The molecule has 0 saturated heterocycles. The van der Waals surface area contributed by atoms with Gasteiger partial charge in [-0.25, -0.2) is 9.67 Å². The van der Waals surface area contributed by atoms with Gasteiger partial charge in [-0.1, -0.05) is 0 Å². The normalized spacial score (nSPS) is 13.0. The van der Waals surface area contributed by atoms with Crippen molar-refractivity contribution in [1.82, 2.24) is 14.8 Å². The molecule has 2 aromatic rings. The van der Waals surface area contributed by atoms with Crippen LogP contribution in [0.15, 0.2) is 21.6 Å². The Morgan fingerprint density at radius 3 is 2.93 bits per heavy atom. The monoisotopic (exact) mass is 272 g/mol. The molecule has 2 heterocycles. The maximum absolute atomic E-state index is 5.84. The number of rotatable bonds is 2. The van der Waals surface area contributed by atoms with E-state index < -0.39 is 0 Å². The van der Waals surface area contributed by atoms with Gasteiger partial charge < -0.3 is 5.73 Å². The van der Waals surface area contributed by atoms with Crippen molar-refractivity contribution < 1.29 is 0 Å². The van der Waals surface area contributed by atoms with Gasteiger partial charge in [-0.2, -0.15) is 5.10 Å². The topological polar surface area (TPSA) is 56.7 Å². The molecule has 0 fully saturated rings. The lowest BCUT2D eigenvalue weighted by Crippen LogP contribution is -2.11. The molecule has 4 nitrogen and oxygen atoms in total. The molecule has 2 aromatic heterocycles. The maximum Gasteiger partial charge on any atom is 0.136 e. The highest BCUT2D eigenvalue weighted by Crippen LogP contribution is 2.25. The molecular formula is C8H9BrN4S. The minimum absolute atomic E-state index is 0.0764. The van der Waals surface area contributed by atoms with Crippen LogP contribution in [0.1, 0.15) is 18.7 Å². The van der Waals surface area contributed by atoms with Crippen molar-refractivity contribution in [1.29, 1.82) is 0 Å². The molecule has 0 amide bonds. The molecule has 0 aliphatic heterocycles. The third kappa shape index (κ3) is 1.55.